The number of hydrogen-bond acceptors (Lipinski definition) is 8. The molecule has 1 fully saturated rings. The fourth-order valence-electron chi connectivity index (χ4n) is 5.05. The molecule has 4 heterocycles. The molecular weight excluding hydrogens is 504 g/mol. The standard InChI is InChI=1S/C30H30N8O2/c1-40-27-10-9-23(30(39)32-13-11-22-6-5-12-31-19-22)18-26(27)36-14-16-37(17-15-36)28-25-20-35-38(29(25)34-21-33-28)24-7-3-2-4-8-24/h2-10,12,18-21H,11,13-17H2,1H3,(H,32,39). The van der Waals surface area contributed by atoms with Gasteiger partial charge in [-0.25, -0.2) is 14.6 Å². The van der Waals surface area contributed by atoms with Gasteiger partial charge in [0.15, 0.2) is 5.65 Å². The number of ether oxygens (including phenoxy) is 1. The van der Waals surface area contributed by atoms with E-state index in [1.165, 1.54) is 0 Å². The Labute approximate surface area is 232 Å². The first-order chi connectivity index (χ1) is 19.7. The molecule has 5 aromatic rings. The molecule has 40 heavy (non-hydrogen) atoms. The number of anilines is 2. The van der Waals surface area contributed by atoms with Gasteiger partial charge in [0.05, 0.1) is 30.1 Å². The zero-order chi connectivity index (χ0) is 27.3. The zero-order valence-corrected chi connectivity index (χ0v) is 22.3. The molecule has 2 aromatic carbocycles. The molecule has 1 amide bonds. The minimum atomic E-state index is -0.106. The zero-order valence-electron chi connectivity index (χ0n) is 22.3. The van der Waals surface area contributed by atoms with Crippen LogP contribution in [0.15, 0.2) is 85.6 Å². The molecule has 0 bridgehead atoms. The van der Waals surface area contributed by atoms with Crippen LogP contribution in [0.25, 0.3) is 16.7 Å². The minimum absolute atomic E-state index is 0.106. The molecule has 0 unspecified atom stereocenters. The fraction of sp³-hybridized carbons (Fsp3) is 0.233. The summed E-state index contributed by atoms with van der Waals surface area (Å²) in [7, 11) is 1.66. The Hall–Kier alpha value is -4.99. The van der Waals surface area contributed by atoms with Gasteiger partial charge in [0, 0.05) is 50.7 Å². The predicted octanol–water partition coefficient (Wildman–Crippen LogP) is 3.52. The molecule has 0 radical (unpaired) electrons. The van der Waals surface area contributed by atoms with Gasteiger partial charge in [-0.2, -0.15) is 5.10 Å². The number of aromatic nitrogens is 5. The summed E-state index contributed by atoms with van der Waals surface area (Å²) in [6.07, 6.45) is 7.73. The summed E-state index contributed by atoms with van der Waals surface area (Å²) in [6.45, 7) is 3.56. The number of methoxy groups -OCH3 is 1. The highest BCUT2D eigenvalue weighted by Gasteiger charge is 2.24. The Morgan fingerprint density at radius 2 is 1.77 bits per heavy atom. The van der Waals surface area contributed by atoms with Crippen LogP contribution in [0.4, 0.5) is 11.5 Å². The molecule has 0 atom stereocenters. The smallest absolute Gasteiger partial charge is 0.251 e. The number of benzene rings is 2. The number of hydrogen-bond donors (Lipinski definition) is 1. The molecule has 0 saturated carbocycles. The monoisotopic (exact) mass is 534 g/mol. The maximum Gasteiger partial charge on any atom is 0.251 e. The van der Waals surface area contributed by atoms with Crippen molar-refractivity contribution in [1.82, 2.24) is 30.0 Å². The van der Waals surface area contributed by atoms with Crippen LogP contribution < -0.4 is 19.9 Å². The number of nitrogens with one attached hydrogen (secondary N) is 1. The first kappa shape index (κ1) is 25.3. The van der Waals surface area contributed by atoms with Gasteiger partial charge < -0.3 is 19.9 Å². The highest BCUT2D eigenvalue weighted by molar-refractivity contribution is 5.95. The highest BCUT2D eigenvalue weighted by Crippen LogP contribution is 2.32. The number of para-hydroxylation sites is 1. The van der Waals surface area contributed by atoms with Crippen molar-refractivity contribution in [2.24, 2.45) is 0 Å². The molecule has 1 aliphatic rings. The van der Waals surface area contributed by atoms with Gasteiger partial charge in [0.1, 0.15) is 17.9 Å². The molecule has 10 nitrogen and oxygen atoms in total. The van der Waals surface area contributed by atoms with Crippen molar-refractivity contribution in [3.63, 3.8) is 0 Å². The summed E-state index contributed by atoms with van der Waals surface area (Å²) in [5.41, 5.74) is 4.34. The minimum Gasteiger partial charge on any atom is -0.495 e. The third kappa shape index (κ3) is 5.15. The third-order valence-electron chi connectivity index (χ3n) is 7.13. The molecule has 1 aliphatic heterocycles. The molecule has 0 aliphatic carbocycles. The van der Waals surface area contributed by atoms with E-state index in [0.29, 0.717) is 12.1 Å². The highest BCUT2D eigenvalue weighted by atomic mass is 16.5. The van der Waals surface area contributed by atoms with Crippen LogP contribution in [-0.2, 0) is 6.42 Å². The van der Waals surface area contributed by atoms with E-state index < -0.39 is 0 Å². The largest absolute Gasteiger partial charge is 0.495 e. The van der Waals surface area contributed by atoms with Gasteiger partial charge >= 0.3 is 0 Å². The topological polar surface area (TPSA) is 101 Å². The Bertz CT molecular complexity index is 1600. The van der Waals surface area contributed by atoms with E-state index in [0.717, 1.165) is 72.1 Å². The third-order valence-corrected chi connectivity index (χ3v) is 7.13. The van der Waals surface area contributed by atoms with Crippen molar-refractivity contribution in [2.45, 2.75) is 6.42 Å². The van der Waals surface area contributed by atoms with Gasteiger partial charge in [0.2, 0.25) is 0 Å². The molecule has 202 valence electrons. The number of carbonyl (C=O) groups is 1. The predicted molar refractivity (Wildman–Crippen MR) is 154 cm³/mol. The van der Waals surface area contributed by atoms with Crippen molar-refractivity contribution >= 4 is 28.4 Å². The van der Waals surface area contributed by atoms with E-state index in [4.69, 9.17) is 4.74 Å². The van der Waals surface area contributed by atoms with Gasteiger partial charge in [-0.05, 0) is 48.4 Å². The van der Waals surface area contributed by atoms with E-state index in [9.17, 15) is 4.79 Å². The molecule has 0 spiro atoms. The van der Waals surface area contributed by atoms with E-state index in [-0.39, 0.29) is 5.91 Å². The number of amides is 1. The second kappa shape index (κ2) is 11.4. The number of fused-ring (bicyclic) bond motifs is 1. The fourth-order valence-corrected chi connectivity index (χ4v) is 5.05. The summed E-state index contributed by atoms with van der Waals surface area (Å²) in [4.78, 5) is 30.7. The van der Waals surface area contributed by atoms with Gasteiger partial charge in [-0.1, -0.05) is 24.3 Å². The van der Waals surface area contributed by atoms with Crippen molar-refractivity contribution in [3.05, 3.63) is 96.7 Å². The molecule has 3 aromatic heterocycles. The number of nitrogens with zero attached hydrogens (tertiary/aromatic N) is 7. The molecule has 1 N–H and O–H groups in total. The maximum atomic E-state index is 12.9. The van der Waals surface area contributed by atoms with Crippen LogP contribution in [0.2, 0.25) is 0 Å². The maximum absolute atomic E-state index is 12.9. The second-order valence-corrected chi connectivity index (χ2v) is 9.55. The average Bonchev–Trinajstić information content (AvgIpc) is 3.46. The first-order valence-corrected chi connectivity index (χ1v) is 13.3. The molecule has 1 saturated heterocycles. The number of pyridine rings is 1. The van der Waals surface area contributed by atoms with E-state index in [1.54, 1.807) is 25.7 Å². The van der Waals surface area contributed by atoms with Gasteiger partial charge in [-0.3, -0.25) is 9.78 Å². The summed E-state index contributed by atoms with van der Waals surface area (Å²) < 4.78 is 7.50. The number of carbonyl (C=O) groups excluding carboxylic acids is 1. The SMILES string of the molecule is COc1ccc(C(=O)NCCc2cccnc2)cc1N1CCN(c2ncnc3c2cnn3-c2ccccc2)CC1. The second-order valence-electron chi connectivity index (χ2n) is 9.55. The van der Waals surface area contributed by atoms with Crippen LogP contribution in [-0.4, -0.2) is 70.5 Å². The lowest BCUT2D eigenvalue weighted by molar-refractivity contribution is 0.0954. The van der Waals surface area contributed by atoms with Crippen molar-refractivity contribution in [3.8, 4) is 11.4 Å². The number of rotatable bonds is 8. The lowest BCUT2D eigenvalue weighted by atomic mass is 10.1. The van der Waals surface area contributed by atoms with Gasteiger partial charge in [0.25, 0.3) is 5.91 Å². The quantitative estimate of drug-likeness (QED) is 0.323. The average molecular weight is 535 g/mol. The van der Waals surface area contributed by atoms with E-state index in [1.807, 2.05) is 71.7 Å². The molecule has 10 heteroatoms. The van der Waals surface area contributed by atoms with E-state index >= 15 is 0 Å². The Kier molecular flexibility index (Phi) is 7.21. The first-order valence-electron chi connectivity index (χ1n) is 13.3. The van der Waals surface area contributed by atoms with Crippen LogP contribution in [0, 0.1) is 0 Å². The molecule has 6 rings (SSSR count). The number of piperazine rings is 1. The van der Waals surface area contributed by atoms with Crippen molar-refractivity contribution < 1.29 is 9.53 Å². The lowest BCUT2D eigenvalue weighted by Gasteiger charge is -2.37. The normalized spacial score (nSPS) is 13.4. The Morgan fingerprint density at radius 3 is 2.55 bits per heavy atom. The van der Waals surface area contributed by atoms with Gasteiger partial charge in [-0.15, -0.1) is 0 Å². The summed E-state index contributed by atoms with van der Waals surface area (Å²) in [5, 5.41) is 8.53. The van der Waals surface area contributed by atoms with Crippen LogP contribution >= 0.6 is 0 Å². The van der Waals surface area contributed by atoms with E-state index in [2.05, 4.69) is 35.2 Å². The lowest BCUT2D eigenvalue weighted by Crippen LogP contribution is -2.47. The summed E-state index contributed by atoms with van der Waals surface area (Å²) in [6, 6.07) is 19.5. The Balaban J connectivity index is 1.15. The van der Waals surface area contributed by atoms with Crippen LogP contribution in [0.1, 0.15) is 15.9 Å². The van der Waals surface area contributed by atoms with Crippen LogP contribution in [0.3, 0.4) is 0 Å². The van der Waals surface area contributed by atoms with Crippen LogP contribution in [0.5, 0.6) is 5.75 Å². The van der Waals surface area contributed by atoms with Crippen molar-refractivity contribution in [2.75, 3.05) is 49.6 Å². The van der Waals surface area contributed by atoms with Crippen molar-refractivity contribution in [1.29, 1.82) is 0 Å². The summed E-state index contributed by atoms with van der Waals surface area (Å²) in [5.74, 6) is 1.51. The Morgan fingerprint density at radius 1 is 0.950 bits per heavy atom. The molecular formula is C30H30N8O2. The summed E-state index contributed by atoms with van der Waals surface area (Å²) >= 11 is 0.